The summed E-state index contributed by atoms with van der Waals surface area (Å²) in [6.45, 7) is 3.91. The number of hydrogen-bond acceptors (Lipinski definition) is 3. The summed E-state index contributed by atoms with van der Waals surface area (Å²) in [6.07, 6.45) is 1.61. The number of piperidine rings is 1. The highest BCUT2D eigenvalue weighted by molar-refractivity contribution is 6.30. The van der Waals surface area contributed by atoms with Crippen LogP contribution in [0.1, 0.15) is 37.8 Å². The molecule has 0 radical (unpaired) electrons. The van der Waals surface area contributed by atoms with Crippen LogP contribution in [0.15, 0.2) is 24.3 Å². The second-order valence-corrected chi connectivity index (χ2v) is 6.13. The number of aliphatic hydroxyl groups is 1. The van der Waals surface area contributed by atoms with Crippen LogP contribution in [-0.2, 0) is 4.79 Å². The average Bonchev–Trinajstić information content (AvgIpc) is 2.50. The molecule has 1 saturated heterocycles. The maximum atomic E-state index is 11.1. The van der Waals surface area contributed by atoms with Gasteiger partial charge in [-0.05, 0) is 56.0 Å². The molecule has 0 bridgehead atoms. The molecule has 1 fully saturated rings. The highest BCUT2D eigenvalue weighted by atomic mass is 35.5. The summed E-state index contributed by atoms with van der Waals surface area (Å²) in [7, 11) is 0. The number of nitrogens with zero attached hydrogens (tertiary/aromatic N) is 1. The van der Waals surface area contributed by atoms with E-state index in [4.69, 9.17) is 17.3 Å². The maximum absolute atomic E-state index is 11.1. The van der Waals surface area contributed by atoms with E-state index in [1.807, 2.05) is 12.1 Å². The van der Waals surface area contributed by atoms with Crippen molar-refractivity contribution in [2.75, 3.05) is 13.1 Å². The van der Waals surface area contributed by atoms with Crippen LogP contribution < -0.4 is 5.73 Å². The molecule has 21 heavy (non-hydrogen) atoms. The van der Waals surface area contributed by atoms with Gasteiger partial charge in [-0.2, -0.15) is 0 Å². The SMILES string of the molecule is CC[C@H](c1ccc(Cl)cc1)N1CCC([C@@H](O)C(N)=O)CC1. The van der Waals surface area contributed by atoms with Crippen LogP contribution in [0.4, 0.5) is 0 Å². The molecule has 1 heterocycles. The number of hydrogen-bond donors (Lipinski definition) is 2. The highest BCUT2D eigenvalue weighted by Gasteiger charge is 2.30. The van der Waals surface area contributed by atoms with Gasteiger partial charge in [-0.25, -0.2) is 0 Å². The summed E-state index contributed by atoms with van der Waals surface area (Å²) < 4.78 is 0. The summed E-state index contributed by atoms with van der Waals surface area (Å²) in [4.78, 5) is 13.5. The van der Waals surface area contributed by atoms with E-state index in [-0.39, 0.29) is 5.92 Å². The molecule has 1 aliphatic rings. The van der Waals surface area contributed by atoms with Crippen molar-refractivity contribution in [1.29, 1.82) is 0 Å². The Kier molecular flexibility index (Phi) is 5.62. The Labute approximate surface area is 130 Å². The van der Waals surface area contributed by atoms with Crippen LogP contribution in [-0.4, -0.2) is 35.1 Å². The van der Waals surface area contributed by atoms with Crippen molar-refractivity contribution in [2.24, 2.45) is 11.7 Å². The molecule has 0 aromatic heterocycles. The third-order valence-corrected chi connectivity index (χ3v) is 4.65. The van der Waals surface area contributed by atoms with Gasteiger partial charge in [0.15, 0.2) is 0 Å². The second kappa shape index (κ2) is 7.25. The van der Waals surface area contributed by atoms with Crippen molar-refractivity contribution in [2.45, 2.75) is 38.3 Å². The first-order valence-electron chi connectivity index (χ1n) is 7.49. The summed E-state index contributed by atoms with van der Waals surface area (Å²) >= 11 is 5.94. The molecule has 0 saturated carbocycles. The summed E-state index contributed by atoms with van der Waals surface area (Å²) in [5.74, 6) is -0.625. The van der Waals surface area contributed by atoms with Crippen molar-refractivity contribution in [1.82, 2.24) is 4.90 Å². The topological polar surface area (TPSA) is 66.6 Å². The van der Waals surface area contributed by atoms with Crippen LogP contribution >= 0.6 is 11.6 Å². The second-order valence-electron chi connectivity index (χ2n) is 5.70. The molecule has 4 nitrogen and oxygen atoms in total. The quantitative estimate of drug-likeness (QED) is 0.877. The van der Waals surface area contributed by atoms with Gasteiger partial charge in [-0.3, -0.25) is 9.69 Å². The first kappa shape index (κ1) is 16.3. The van der Waals surface area contributed by atoms with Crippen LogP contribution in [0.2, 0.25) is 5.02 Å². The van der Waals surface area contributed by atoms with Crippen LogP contribution in [0.25, 0.3) is 0 Å². The summed E-state index contributed by atoms with van der Waals surface area (Å²) in [5.41, 5.74) is 6.44. The Morgan fingerprint density at radius 1 is 1.38 bits per heavy atom. The Morgan fingerprint density at radius 2 is 1.95 bits per heavy atom. The number of nitrogens with two attached hydrogens (primary N) is 1. The number of rotatable bonds is 5. The molecule has 1 aromatic carbocycles. The Hall–Kier alpha value is -1.10. The third kappa shape index (κ3) is 3.96. The lowest BCUT2D eigenvalue weighted by atomic mass is 9.89. The summed E-state index contributed by atoms with van der Waals surface area (Å²) in [5, 5.41) is 10.5. The number of aliphatic hydroxyl groups excluding tert-OH is 1. The normalized spacial score (nSPS) is 20.1. The number of carbonyl (C=O) groups excluding carboxylic acids is 1. The number of halogens is 1. The molecule has 0 spiro atoms. The van der Waals surface area contributed by atoms with Gasteiger partial charge in [-0.15, -0.1) is 0 Å². The number of likely N-dealkylation sites (tertiary alicyclic amines) is 1. The third-order valence-electron chi connectivity index (χ3n) is 4.39. The standard InChI is InChI=1S/C16H23ClN2O2/c1-2-14(11-3-5-13(17)6-4-11)19-9-7-12(8-10-19)15(20)16(18)21/h3-6,12,14-15,20H,2,7-10H2,1H3,(H2,18,21)/t14-,15-/m1/s1. The lowest BCUT2D eigenvalue weighted by molar-refractivity contribution is -0.129. The molecular weight excluding hydrogens is 288 g/mol. The molecule has 1 amide bonds. The molecule has 1 aliphatic heterocycles. The zero-order valence-corrected chi connectivity index (χ0v) is 13.1. The van der Waals surface area contributed by atoms with Crippen molar-refractivity contribution in [3.05, 3.63) is 34.9 Å². The number of amides is 1. The average molecular weight is 311 g/mol. The predicted molar refractivity (Wildman–Crippen MR) is 84.0 cm³/mol. The molecule has 116 valence electrons. The molecule has 3 N–H and O–H groups in total. The van der Waals surface area contributed by atoms with E-state index in [0.29, 0.717) is 6.04 Å². The predicted octanol–water partition coefficient (Wildman–Crippen LogP) is 2.35. The monoisotopic (exact) mass is 310 g/mol. The fraction of sp³-hybridized carbons (Fsp3) is 0.562. The largest absolute Gasteiger partial charge is 0.383 e. The molecule has 1 aromatic rings. The molecular formula is C16H23ClN2O2. The Bertz CT molecular complexity index is 470. The van der Waals surface area contributed by atoms with Crippen LogP contribution in [0.3, 0.4) is 0 Å². The first-order chi connectivity index (χ1) is 10.0. The van der Waals surface area contributed by atoms with Gasteiger partial charge in [0.25, 0.3) is 0 Å². The van der Waals surface area contributed by atoms with Gasteiger partial charge in [0.1, 0.15) is 6.10 Å². The van der Waals surface area contributed by atoms with Gasteiger partial charge in [0.2, 0.25) is 5.91 Å². The minimum absolute atomic E-state index is 0.0125. The Morgan fingerprint density at radius 3 is 2.43 bits per heavy atom. The minimum Gasteiger partial charge on any atom is -0.383 e. The van der Waals surface area contributed by atoms with Gasteiger partial charge >= 0.3 is 0 Å². The van der Waals surface area contributed by atoms with E-state index in [1.54, 1.807) is 0 Å². The molecule has 2 rings (SSSR count). The number of benzene rings is 1. The lowest BCUT2D eigenvalue weighted by Gasteiger charge is -2.38. The van der Waals surface area contributed by atoms with Crippen LogP contribution in [0, 0.1) is 5.92 Å². The molecule has 0 unspecified atom stereocenters. The van der Waals surface area contributed by atoms with E-state index in [9.17, 15) is 9.90 Å². The maximum Gasteiger partial charge on any atom is 0.246 e. The fourth-order valence-electron chi connectivity index (χ4n) is 3.17. The van der Waals surface area contributed by atoms with Crippen molar-refractivity contribution >= 4 is 17.5 Å². The van der Waals surface area contributed by atoms with E-state index in [1.165, 1.54) is 5.56 Å². The molecule has 0 aliphatic carbocycles. The van der Waals surface area contributed by atoms with Gasteiger partial charge < -0.3 is 10.8 Å². The smallest absolute Gasteiger partial charge is 0.246 e. The fourth-order valence-corrected chi connectivity index (χ4v) is 3.29. The Balaban J connectivity index is 1.99. The minimum atomic E-state index is -1.01. The lowest BCUT2D eigenvalue weighted by Crippen LogP contribution is -2.43. The first-order valence-corrected chi connectivity index (χ1v) is 7.87. The highest BCUT2D eigenvalue weighted by Crippen LogP contribution is 2.30. The van der Waals surface area contributed by atoms with Crippen molar-refractivity contribution in [3.8, 4) is 0 Å². The van der Waals surface area contributed by atoms with E-state index < -0.39 is 12.0 Å². The molecule has 2 atom stereocenters. The molecule has 5 heteroatoms. The number of carbonyl (C=O) groups is 1. The van der Waals surface area contributed by atoms with Crippen LogP contribution in [0.5, 0.6) is 0 Å². The van der Waals surface area contributed by atoms with Crippen molar-refractivity contribution in [3.63, 3.8) is 0 Å². The summed E-state index contributed by atoms with van der Waals surface area (Å²) in [6, 6.07) is 8.34. The van der Waals surface area contributed by atoms with E-state index in [2.05, 4.69) is 24.0 Å². The van der Waals surface area contributed by atoms with Gasteiger partial charge in [0, 0.05) is 11.1 Å². The zero-order chi connectivity index (χ0) is 15.4. The van der Waals surface area contributed by atoms with Gasteiger partial charge in [0.05, 0.1) is 0 Å². The van der Waals surface area contributed by atoms with E-state index in [0.717, 1.165) is 37.4 Å². The van der Waals surface area contributed by atoms with Gasteiger partial charge in [-0.1, -0.05) is 30.7 Å². The van der Waals surface area contributed by atoms with E-state index >= 15 is 0 Å². The zero-order valence-electron chi connectivity index (χ0n) is 12.3. The van der Waals surface area contributed by atoms with Crippen molar-refractivity contribution < 1.29 is 9.90 Å². The number of primary amides is 1.